The minimum atomic E-state index is -5.53. The first kappa shape index (κ1) is 34.9. The van der Waals surface area contributed by atoms with E-state index in [9.17, 15) is 51.0 Å². The van der Waals surface area contributed by atoms with Crippen LogP contribution in [-0.4, -0.2) is 70.9 Å². The Balaban J connectivity index is 0.00000552. The second kappa shape index (κ2) is 13.2. The number of carbonyl (C=O) groups is 1. The van der Waals surface area contributed by atoms with E-state index in [1.807, 2.05) is 0 Å². The van der Waals surface area contributed by atoms with Gasteiger partial charge in [-0.15, -0.1) is 0 Å². The van der Waals surface area contributed by atoms with Gasteiger partial charge in [-0.3, -0.25) is 29.6 Å². The number of rotatable bonds is 10. The summed E-state index contributed by atoms with van der Waals surface area (Å²) < 4.78 is 80.1. The number of carbonyl (C=O) groups excluding carboxylic acids is 1. The van der Waals surface area contributed by atoms with Crippen LogP contribution in [0.25, 0.3) is 11.4 Å². The van der Waals surface area contributed by atoms with E-state index in [-0.39, 0.29) is 35.2 Å². The third kappa shape index (κ3) is 7.22. The number of amides is 1. The van der Waals surface area contributed by atoms with Crippen LogP contribution in [0.3, 0.4) is 0 Å². The molecule has 1 heterocycles. The average molecular weight is 675 g/mol. The molecule has 0 spiro atoms. The molecule has 0 aliphatic carbocycles. The van der Waals surface area contributed by atoms with Crippen LogP contribution in [0.4, 0.5) is 17.1 Å². The number of nitrogens with zero attached hydrogens (tertiary/aromatic N) is 6. The molecule has 0 radical (unpaired) electrons. The molecule has 0 fully saturated rings. The fraction of sp³-hybridized carbons (Fsp3) is 0.0909. The third-order valence-corrected chi connectivity index (χ3v) is 7.43. The van der Waals surface area contributed by atoms with E-state index in [1.54, 1.807) is 18.2 Å². The number of benzene rings is 3. The van der Waals surface area contributed by atoms with E-state index in [0.29, 0.717) is 33.9 Å². The smallest absolute Gasteiger partial charge is 0.744 e. The molecule has 0 aliphatic heterocycles. The number of tetrazole rings is 1. The molecule has 4 rings (SSSR count). The van der Waals surface area contributed by atoms with Gasteiger partial charge in [0.15, 0.2) is 22.1 Å². The average Bonchev–Trinajstić information content (AvgIpc) is 3.40. The van der Waals surface area contributed by atoms with E-state index in [0.717, 1.165) is 14.2 Å². The van der Waals surface area contributed by atoms with Crippen molar-refractivity contribution in [2.75, 3.05) is 19.5 Å². The molecule has 20 nitrogen and oxygen atoms in total. The number of hydrogen-bond donors (Lipinski definition) is 2. The van der Waals surface area contributed by atoms with Crippen molar-refractivity contribution in [2.45, 2.75) is 9.79 Å². The zero-order valence-corrected chi connectivity index (χ0v) is 26.7. The fourth-order valence-corrected chi connectivity index (χ4v) is 5.11. The quantitative estimate of drug-likeness (QED) is 0.0593. The summed E-state index contributed by atoms with van der Waals surface area (Å²) in [5, 5.41) is 33.6. The Bertz CT molecular complexity index is 1940. The van der Waals surface area contributed by atoms with Crippen molar-refractivity contribution >= 4 is 43.2 Å². The Hall–Kier alpha value is -4.58. The largest absolute Gasteiger partial charge is 1.00 e. The molecule has 0 saturated carbocycles. The van der Waals surface area contributed by atoms with Gasteiger partial charge >= 0.3 is 51.4 Å². The maximum absolute atomic E-state index is 13.1. The standard InChI is InChI=1S/C22H17N7O13S2.Na/c1-41-17-8-15(28(31)32)19(43(35,36)37)10-13(17)26-24-21(22(30)23-12-6-4-3-5-7-12)25-27(26)14-11-20(44(38,39)40)16(29(33)34)9-18(14)42-2;/h3-11H,1-2H3,(H2-,23,30,35,36,37,38,39,40);/q;+1. The van der Waals surface area contributed by atoms with E-state index < -0.39 is 85.9 Å². The van der Waals surface area contributed by atoms with Crippen LogP contribution in [0.2, 0.25) is 0 Å². The van der Waals surface area contributed by atoms with Crippen LogP contribution >= 0.6 is 0 Å². The van der Waals surface area contributed by atoms with Gasteiger partial charge in [0.05, 0.1) is 41.3 Å². The molecule has 45 heavy (non-hydrogen) atoms. The second-order valence-corrected chi connectivity index (χ2v) is 11.1. The number of methoxy groups -OCH3 is 2. The molecular weight excluding hydrogens is 657 g/mol. The normalized spacial score (nSPS) is 11.3. The Morgan fingerprint density at radius 3 is 2.00 bits per heavy atom. The van der Waals surface area contributed by atoms with Crippen molar-refractivity contribution in [3.05, 3.63) is 80.7 Å². The summed E-state index contributed by atoms with van der Waals surface area (Å²) in [5.41, 5.74) is -3.11. The van der Waals surface area contributed by atoms with E-state index in [4.69, 9.17) is 9.47 Å². The van der Waals surface area contributed by atoms with Crippen LogP contribution in [0.5, 0.6) is 11.5 Å². The zero-order chi connectivity index (χ0) is 32.6. The van der Waals surface area contributed by atoms with Crippen molar-refractivity contribution in [2.24, 2.45) is 0 Å². The molecule has 0 aliphatic rings. The number of nitrogens with one attached hydrogen (secondary N) is 1. The molecule has 1 amide bonds. The van der Waals surface area contributed by atoms with Crippen LogP contribution in [0, 0.1) is 20.2 Å². The topological polar surface area (TPSA) is 280 Å². The van der Waals surface area contributed by atoms with Gasteiger partial charge < -0.3 is 19.3 Å². The summed E-state index contributed by atoms with van der Waals surface area (Å²) in [7, 11) is -8.77. The van der Waals surface area contributed by atoms with Gasteiger partial charge in [0.2, 0.25) is 5.69 Å². The van der Waals surface area contributed by atoms with Crippen molar-refractivity contribution in [3.8, 4) is 22.9 Å². The Morgan fingerprint density at radius 1 is 0.933 bits per heavy atom. The van der Waals surface area contributed by atoms with Gasteiger partial charge in [-0.1, -0.05) is 18.2 Å². The molecule has 2 N–H and O–H groups in total. The SMILES string of the molecule is COc1cc([N+](=O)[O-])c(S(=O)(=O)O)cc1-n1nc(C(=O)Nc2ccccc2)n[n+]1-c1cc(S(=O)(=O)[O-])c([N+](=O)[O-])cc1OC.[Na+]. The number of hydrogen-bond acceptors (Lipinski definition) is 14. The van der Waals surface area contributed by atoms with Gasteiger partial charge in [-0.05, 0) is 16.9 Å². The number of nitro benzene ring substituents is 2. The minimum Gasteiger partial charge on any atom is -0.744 e. The first-order chi connectivity index (χ1) is 20.6. The van der Waals surface area contributed by atoms with Crippen molar-refractivity contribution in [1.82, 2.24) is 15.0 Å². The van der Waals surface area contributed by atoms with E-state index >= 15 is 0 Å². The first-order valence-corrected chi connectivity index (χ1v) is 14.3. The molecule has 4 aromatic rings. The molecule has 0 saturated heterocycles. The van der Waals surface area contributed by atoms with Gasteiger partial charge in [-0.25, -0.2) is 8.42 Å². The number of para-hydroxylation sites is 1. The van der Waals surface area contributed by atoms with Gasteiger partial charge in [-0.2, -0.15) is 8.42 Å². The number of ether oxygens (including phenoxy) is 2. The number of anilines is 1. The summed E-state index contributed by atoms with van der Waals surface area (Å²) in [6.07, 6.45) is 0. The van der Waals surface area contributed by atoms with Crippen LogP contribution in [0.15, 0.2) is 64.4 Å². The van der Waals surface area contributed by atoms with Crippen molar-refractivity contribution < 1.29 is 84.4 Å². The van der Waals surface area contributed by atoms with Gasteiger partial charge in [0.1, 0.15) is 15.0 Å². The Labute approximate surface area is 274 Å². The molecular formula is C22H17N7NaO13S2+. The number of aromatic nitrogens is 4. The summed E-state index contributed by atoms with van der Waals surface area (Å²) in [6.45, 7) is 0. The summed E-state index contributed by atoms with van der Waals surface area (Å²) in [4.78, 5) is 32.5. The molecule has 0 unspecified atom stereocenters. The van der Waals surface area contributed by atoms with E-state index in [2.05, 4.69) is 15.5 Å². The fourth-order valence-electron chi connectivity index (χ4n) is 3.80. The summed E-state index contributed by atoms with van der Waals surface area (Å²) in [5.74, 6) is -2.66. The van der Waals surface area contributed by atoms with Gasteiger partial charge in [0, 0.05) is 27.7 Å². The van der Waals surface area contributed by atoms with Crippen molar-refractivity contribution in [1.29, 1.82) is 0 Å². The Morgan fingerprint density at radius 2 is 1.49 bits per heavy atom. The van der Waals surface area contributed by atoms with Crippen molar-refractivity contribution in [3.63, 3.8) is 0 Å². The minimum absolute atomic E-state index is 0. The van der Waals surface area contributed by atoms with Crippen LogP contribution in [-0.2, 0) is 20.2 Å². The maximum Gasteiger partial charge on any atom is 1.00 e. The monoisotopic (exact) mass is 674 g/mol. The predicted molar refractivity (Wildman–Crippen MR) is 141 cm³/mol. The van der Waals surface area contributed by atoms with Crippen LogP contribution in [0.1, 0.15) is 10.6 Å². The summed E-state index contributed by atoms with van der Waals surface area (Å²) >= 11 is 0. The molecule has 1 aromatic heterocycles. The predicted octanol–water partition coefficient (Wildman–Crippen LogP) is -2.22. The second-order valence-electron chi connectivity index (χ2n) is 8.35. The molecule has 0 bridgehead atoms. The maximum atomic E-state index is 13.1. The van der Waals surface area contributed by atoms with Crippen LogP contribution < -0.4 is 49.1 Å². The summed E-state index contributed by atoms with van der Waals surface area (Å²) in [6, 6.07) is 10.1. The molecule has 0 atom stereocenters. The Kier molecular flexibility index (Phi) is 10.2. The van der Waals surface area contributed by atoms with Gasteiger partial charge in [0.25, 0.3) is 11.4 Å². The first-order valence-electron chi connectivity index (χ1n) is 11.5. The zero-order valence-electron chi connectivity index (χ0n) is 23.0. The third-order valence-electron chi connectivity index (χ3n) is 5.69. The molecule has 23 heteroatoms. The number of nitro groups is 2. The molecule has 230 valence electrons. The van der Waals surface area contributed by atoms with E-state index in [1.165, 1.54) is 12.1 Å². The molecule has 3 aromatic carbocycles.